The Hall–Kier alpha value is -1.62. The molecule has 5 heteroatoms. The van der Waals surface area contributed by atoms with E-state index in [1.165, 1.54) is 25.0 Å². The molecule has 98 valence electrons. The summed E-state index contributed by atoms with van der Waals surface area (Å²) >= 11 is 0. The van der Waals surface area contributed by atoms with Gasteiger partial charge in [-0.1, -0.05) is 0 Å². The van der Waals surface area contributed by atoms with E-state index < -0.39 is 5.82 Å². The van der Waals surface area contributed by atoms with Crippen molar-refractivity contribution in [3.8, 4) is 5.75 Å². The fourth-order valence-electron chi connectivity index (χ4n) is 2.07. The topological polar surface area (TPSA) is 41.6 Å². The molecule has 1 aromatic carbocycles. The van der Waals surface area contributed by atoms with Crippen LogP contribution in [0.3, 0.4) is 0 Å². The van der Waals surface area contributed by atoms with Crippen molar-refractivity contribution in [1.82, 2.24) is 4.90 Å². The number of nitrogens with one attached hydrogen (secondary N) is 1. The molecular formula is C13H17FN2O2. The lowest BCUT2D eigenvalue weighted by Gasteiger charge is -2.15. The monoisotopic (exact) mass is 252 g/mol. The van der Waals surface area contributed by atoms with Gasteiger partial charge in [0.15, 0.2) is 11.6 Å². The van der Waals surface area contributed by atoms with Gasteiger partial charge in [0.25, 0.3) is 0 Å². The molecule has 0 unspecified atom stereocenters. The number of rotatable bonds is 6. The number of anilines is 1. The van der Waals surface area contributed by atoms with Crippen LogP contribution in [0.1, 0.15) is 12.8 Å². The lowest BCUT2D eigenvalue weighted by atomic mass is 10.3. The Labute approximate surface area is 106 Å². The van der Waals surface area contributed by atoms with Gasteiger partial charge in [-0.25, -0.2) is 4.39 Å². The molecule has 1 saturated heterocycles. The first-order valence-corrected chi connectivity index (χ1v) is 6.14. The Morgan fingerprint density at radius 1 is 1.39 bits per heavy atom. The SMILES string of the molecule is O=CNc1ccc(OCCN2CCCC2)c(F)c1. The molecule has 0 spiro atoms. The Kier molecular flexibility index (Phi) is 4.52. The molecule has 0 aliphatic carbocycles. The maximum Gasteiger partial charge on any atom is 0.211 e. The van der Waals surface area contributed by atoms with Crippen molar-refractivity contribution in [2.24, 2.45) is 0 Å². The molecule has 1 fully saturated rings. The molecule has 1 amide bonds. The molecule has 4 nitrogen and oxygen atoms in total. The summed E-state index contributed by atoms with van der Waals surface area (Å²) in [5.74, 6) is -0.228. The fourth-order valence-corrected chi connectivity index (χ4v) is 2.07. The Morgan fingerprint density at radius 2 is 2.17 bits per heavy atom. The molecule has 0 radical (unpaired) electrons. The van der Waals surface area contributed by atoms with Crippen LogP contribution in [0.2, 0.25) is 0 Å². The number of nitrogens with zero attached hydrogens (tertiary/aromatic N) is 1. The summed E-state index contributed by atoms with van der Waals surface area (Å²) in [6.45, 7) is 3.52. The van der Waals surface area contributed by atoms with Crippen LogP contribution in [0.4, 0.5) is 10.1 Å². The minimum absolute atomic E-state index is 0.227. The molecule has 1 N–H and O–H groups in total. The lowest BCUT2D eigenvalue weighted by Crippen LogP contribution is -2.25. The van der Waals surface area contributed by atoms with Crippen LogP contribution in [0.15, 0.2) is 18.2 Å². The van der Waals surface area contributed by atoms with Gasteiger partial charge < -0.3 is 10.1 Å². The van der Waals surface area contributed by atoms with Gasteiger partial charge in [0.1, 0.15) is 6.61 Å². The van der Waals surface area contributed by atoms with Crippen molar-refractivity contribution in [1.29, 1.82) is 0 Å². The minimum atomic E-state index is -0.455. The highest BCUT2D eigenvalue weighted by molar-refractivity contribution is 5.71. The van der Waals surface area contributed by atoms with E-state index in [4.69, 9.17) is 4.74 Å². The van der Waals surface area contributed by atoms with Crippen LogP contribution in [0, 0.1) is 5.82 Å². The zero-order valence-electron chi connectivity index (χ0n) is 10.2. The van der Waals surface area contributed by atoms with E-state index in [0.29, 0.717) is 18.7 Å². The zero-order chi connectivity index (χ0) is 12.8. The second-order valence-electron chi connectivity index (χ2n) is 4.30. The third kappa shape index (κ3) is 3.43. The van der Waals surface area contributed by atoms with E-state index in [1.807, 2.05) is 0 Å². The van der Waals surface area contributed by atoms with Crippen molar-refractivity contribution >= 4 is 12.1 Å². The molecule has 0 atom stereocenters. The van der Waals surface area contributed by atoms with Gasteiger partial charge in [0.2, 0.25) is 6.41 Å². The highest BCUT2D eigenvalue weighted by Gasteiger charge is 2.11. The fraction of sp³-hybridized carbons (Fsp3) is 0.462. The standard InChI is InChI=1S/C13H17FN2O2/c14-12-9-11(15-10-17)3-4-13(12)18-8-7-16-5-1-2-6-16/h3-4,9-10H,1-2,5-8H2,(H,15,17). The maximum atomic E-state index is 13.6. The zero-order valence-corrected chi connectivity index (χ0v) is 10.2. The summed E-state index contributed by atoms with van der Waals surface area (Å²) in [5, 5.41) is 2.39. The van der Waals surface area contributed by atoms with Gasteiger partial charge in [-0.2, -0.15) is 0 Å². The summed E-state index contributed by atoms with van der Waals surface area (Å²) in [6, 6.07) is 4.40. The number of carbonyl (C=O) groups excluding carboxylic acids is 1. The first kappa shape index (κ1) is 12.8. The third-order valence-electron chi connectivity index (χ3n) is 3.02. The number of likely N-dealkylation sites (tertiary alicyclic amines) is 1. The normalized spacial score (nSPS) is 15.6. The molecule has 0 bridgehead atoms. The molecule has 1 heterocycles. The van der Waals surface area contributed by atoms with E-state index in [9.17, 15) is 9.18 Å². The number of carbonyl (C=O) groups is 1. The highest BCUT2D eigenvalue weighted by atomic mass is 19.1. The van der Waals surface area contributed by atoms with Crippen LogP contribution in [-0.4, -0.2) is 37.6 Å². The number of hydrogen-bond donors (Lipinski definition) is 1. The van der Waals surface area contributed by atoms with Gasteiger partial charge in [-0.15, -0.1) is 0 Å². The van der Waals surface area contributed by atoms with Crippen molar-refractivity contribution in [3.05, 3.63) is 24.0 Å². The number of benzene rings is 1. The molecule has 0 aromatic heterocycles. The quantitative estimate of drug-likeness (QED) is 0.786. The second kappa shape index (κ2) is 6.35. The molecule has 1 aliphatic rings. The van der Waals surface area contributed by atoms with Crippen molar-refractivity contribution < 1.29 is 13.9 Å². The summed E-state index contributed by atoms with van der Waals surface area (Å²) in [4.78, 5) is 12.5. The van der Waals surface area contributed by atoms with E-state index in [1.54, 1.807) is 6.07 Å². The predicted molar refractivity (Wildman–Crippen MR) is 67.3 cm³/mol. The Bertz CT molecular complexity index is 406. The summed E-state index contributed by atoms with van der Waals surface area (Å²) in [5.41, 5.74) is 0.425. The van der Waals surface area contributed by atoms with E-state index in [-0.39, 0.29) is 5.75 Å². The molecule has 1 aliphatic heterocycles. The number of halogens is 1. The molecule has 18 heavy (non-hydrogen) atoms. The van der Waals surface area contributed by atoms with Crippen LogP contribution in [0.5, 0.6) is 5.75 Å². The summed E-state index contributed by atoms with van der Waals surface area (Å²) < 4.78 is 19.0. The second-order valence-corrected chi connectivity index (χ2v) is 4.30. The highest BCUT2D eigenvalue weighted by Crippen LogP contribution is 2.20. The first-order chi connectivity index (χ1) is 8.79. The molecule has 2 rings (SSSR count). The van der Waals surface area contributed by atoms with Gasteiger partial charge in [-0.3, -0.25) is 9.69 Å². The van der Waals surface area contributed by atoms with Crippen LogP contribution in [-0.2, 0) is 4.79 Å². The lowest BCUT2D eigenvalue weighted by molar-refractivity contribution is -0.105. The number of ether oxygens (including phenoxy) is 1. The van der Waals surface area contributed by atoms with Gasteiger partial charge in [-0.05, 0) is 38.1 Å². The van der Waals surface area contributed by atoms with E-state index in [2.05, 4.69) is 10.2 Å². The first-order valence-electron chi connectivity index (χ1n) is 6.14. The maximum absolute atomic E-state index is 13.6. The van der Waals surface area contributed by atoms with Gasteiger partial charge in [0, 0.05) is 18.3 Å². The Morgan fingerprint density at radius 3 is 2.83 bits per heavy atom. The van der Waals surface area contributed by atoms with Crippen molar-refractivity contribution in [2.75, 3.05) is 31.6 Å². The average Bonchev–Trinajstić information content (AvgIpc) is 2.85. The molecule has 1 aromatic rings. The van der Waals surface area contributed by atoms with Crippen LogP contribution >= 0.6 is 0 Å². The largest absolute Gasteiger partial charge is 0.489 e. The predicted octanol–water partition coefficient (Wildman–Crippen LogP) is 1.87. The minimum Gasteiger partial charge on any atom is -0.489 e. The van der Waals surface area contributed by atoms with Crippen molar-refractivity contribution in [3.63, 3.8) is 0 Å². The Balaban J connectivity index is 1.82. The third-order valence-corrected chi connectivity index (χ3v) is 3.02. The van der Waals surface area contributed by atoms with Gasteiger partial charge >= 0.3 is 0 Å². The summed E-state index contributed by atoms with van der Waals surface area (Å²) in [6.07, 6.45) is 2.99. The van der Waals surface area contributed by atoms with Crippen LogP contribution in [0.25, 0.3) is 0 Å². The number of amides is 1. The smallest absolute Gasteiger partial charge is 0.211 e. The van der Waals surface area contributed by atoms with Gasteiger partial charge in [0.05, 0.1) is 0 Å². The van der Waals surface area contributed by atoms with Crippen LogP contribution < -0.4 is 10.1 Å². The molecule has 0 saturated carbocycles. The van der Waals surface area contributed by atoms with Crippen molar-refractivity contribution in [2.45, 2.75) is 12.8 Å². The van der Waals surface area contributed by atoms with E-state index in [0.717, 1.165) is 19.6 Å². The van der Waals surface area contributed by atoms with E-state index >= 15 is 0 Å². The molecular weight excluding hydrogens is 235 g/mol. The summed E-state index contributed by atoms with van der Waals surface area (Å²) in [7, 11) is 0. The number of hydrogen-bond acceptors (Lipinski definition) is 3. The average molecular weight is 252 g/mol.